The highest BCUT2D eigenvalue weighted by atomic mass is 35.5. The minimum Gasteiger partial charge on any atom is -0.250 e. The molecule has 1 aromatic carbocycles. The third-order valence-corrected chi connectivity index (χ3v) is 2.66. The summed E-state index contributed by atoms with van der Waals surface area (Å²) in [6, 6.07) is 4.70. The third kappa shape index (κ3) is 2.42. The van der Waals surface area contributed by atoms with E-state index in [0.717, 1.165) is 0 Å². The molecular formula is C10H8ClFN4S. The van der Waals surface area contributed by atoms with Crippen LogP contribution in [0.2, 0.25) is 5.02 Å². The monoisotopic (exact) mass is 270 g/mol. The zero-order valence-corrected chi connectivity index (χ0v) is 10.4. The first kappa shape index (κ1) is 11.9. The molecule has 0 atom stereocenters. The zero-order valence-electron chi connectivity index (χ0n) is 8.82. The smallest absolute Gasteiger partial charge is 0.216 e. The molecular weight excluding hydrogens is 263 g/mol. The van der Waals surface area contributed by atoms with Gasteiger partial charge in [0.05, 0.1) is 11.2 Å². The fraction of sp³-hybridized carbons (Fsp3) is 0.100. The van der Waals surface area contributed by atoms with Gasteiger partial charge in [-0.25, -0.2) is 4.39 Å². The molecule has 2 rings (SSSR count). The fourth-order valence-corrected chi connectivity index (χ4v) is 1.65. The van der Waals surface area contributed by atoms with Gasteiger partial charge >= 0.3 is 0 Å². The molecule has 1 aromatic heterocycles. The van der Waals surface area contributed by atoms with Crippen LogP contribution in [0.3, 0.4) is 0 Å². The van der Waals surface area contributed by atoms with Crippen LogP contribution in [-0.4, -0.2) is 21.1 Å². The molecule has 0 aliphatic carbocycles. The van der Waals surface area contributed by atoms with E-state index in [-0.39, 0.29) is 5.02 Å². The highest BCUT2D eigenvalue weighted by Gasteiger charge is 2.04. The summed E-state index contributed by atoms with van der Waals surface area (Å²) in [7, 11) is 0. The highest BCUT2D eigenvalue weighted by Crippen LogP contribution is 2.16. The van der Waals surface area contributed by atoms with Crippen LogP contribution in [-0.2, 0) is 0 Å². The summed E-state index contributed by atoms with van der Waals surface area (Å²) in [6.45, 7) is 1.73. The van der Waals surface area contributed by atoms with Gasteiger partial charge in [0.1, 0.15) is 5.82 Å². The van der Waals surface area contributed by atoms with Crippen molar-refractivity contribution in [2.24, 2.45) is 5.10 Å². The molecule has 88 valence electrons. The molecule has 0 fully saturated rings. The van der Waals surface area contributed by atoms with E-state index in [1.54, 1.807) is 19.1 Å². The lowest BCUT2D eigenvalue weighted by atomic mass is 10.2. The number of aromatic nitrogens is 3. The van der Waals surface area contributed by atoms with Gasteiger partial charge in [0.15, 0.2) is 5.82 Å². The molecule has 0 radical (unpaired) electrons. The minimum absolute atomic E-state index is 0.0569. The average molecular weight is 271 g/mol. The first-order valence-corrected chi connectivity index (χ1v) is 5.50. The standard InChI is InChI=1S/C10H8ClFN4S/c1-6-14-15-10(17)16(6)13-5-7-3-2-4-8(11)9(7)12/h2-5H,1H3,(H,15,17). The highest BCUT2D eigenvalue weighted by molar-refractivity contribution is 7.71. The molecule has 2 aromatic rings. The summed E-state index contributed by atoms with van der Waals surface area (Å²) < 4.78 is 15.3. The van der Waals surface area contributed by atoms with E-state index >= 15 is 0 Å². The zero-order chi connectivity index (χ0) is 12.4. The Morgan fingerprint density at radius 1 is 1.59 bits per heavy atom. The maximum Gasteiger partial charge on any atom is 0.216 e. The van der Waals surface area contributed by atoms with E-state index in [4.69, 9.17) is 23.8 Å². The summed E-state index contributed by atoms with van der Waals surface area (Å²) in [6.07, 6.45) is 1.35. The van der Waals surface area contributed by atoms with Crippen LogP contribution in [0.4, 0.5) is 4.39 Å². The van der Waals surface area contributed by atoms with Crippen molar-refractivity contribution < 1.29 is 4.39 Å². The fourth-order valence-electron chi connectivity index (χ4n) is 1.25. The Balaban J connectivity index is 2.39. The summed E-state index contributed by atoms with van der Waals surface area (Å²) in [4.78, 5) is 0. The van der Waals surface area contributed by atoms with Gasteiger partial charge in [-0.15, -0.1) is 0 Å². The number of aromatic amines is 1. The van der Waals surface area contributed by atoms with Crippen molar-refractivity contribution in [1.29, 1.82) is 0 Å². The third-order valence-electron chi connectivity index (χ3n) is 2.11. The van der Waals surface area contributed by atoms with Gasteiger partial charge in [-0.3, -0.25) is 5.10 Å². The Morgan fingerprint density at radius 3 is 3.00 bits per heavy atom. The summed E-state index contributed by atoms with van der Waals surface area (Å²) in [5.74, 6) is 0.0827. The molecule has 7 heteroatoms. The van der Waals surface area contributed by atoms with Crippen molar-refractivity contribution >= 4 is 30.0 Å². The number of nitrogens with one attached hydrogen (secondary N) is 1. The minimum atomic E-state index is -0.509. The molecule has 1 heterocycles. The van der Waals surface area contributed by atoms with Gasteiger partial charge in [-0.1, -0.05) is 23.7 Å². The Morgan fingerprint density at radius 2 is 2.35 bits per heavy atom. The summed E-state index contributed by atoms with van der Waals surface area (Å²) >= 11 is 10.6. The number of H-pyrrole nitrogens is 1. The Labute approximate surface area is 107 Å². The summed E-state index contributed by atoms with van der Waals surface area (Å²) in [5, 5.41) is 10.6. The number of hydrogen-bond donors (Lipinski definition) is 1. The quantitative estimate of drug-likeness (QED) is 0.674. The number of aryl methyl sites for hydroxylation is 1. The summed E-state index contributed by atoms with van der Waals surface area (Å²) in [5.41, 5.74) is 0.292. The topological polar surface area (TPSA) is 46.0 Å². The Bertz CT molecular complexity index is 631. The number of hydrogen-bond acceptors (Lipinski definition) is 3. The van der Waals surface area contributed by atoms with E-state index in [1.807, 2.05) is 0 Å². The van der Waals surface area contributed by atoms with Crippen LogP contribution in [0.15, 0.2) is 23.3 Å². The van der Waals surface area contributed by atoms with Crippen molar-refractivity contribution in [3.63, 3.8) is 0 Å². The SMILES string of the molecule is Cc1n[nH]c(=S)n1N=Cc1cccc(Cl)c1F. The second-order valence-electron chi connectivity index (χ2n) is 3.28. The second-order valence-corrected chi connectivity index (χ2v) is 4.07. The van der Waals surface area contributed by atoms with Crippen molar-refractivity contribution in [2.75, 3.05) is 0 Å². The van der Waals surface area contributed by atoms with Crippen LogP contribution in [0.1, 0.15) is 11.4 Å². The van der Waals surface area contributed by atoms with Crippen molar-refractivity contribution in [3.05, 3.63) is 45.2 Å². The van der Waals surface area contributed by atoms with Crippen LogP contribution in [0.25, 0.3) is 0 Å². The van der Waals surface area contributed by atoms with Crippen molar-refractivity contribution in [1.82, 2.24) is 14.9 Å². The van der Waals surface area contributed by atoms with Crippen LogP contribution in [0, 0.1) is 17.5 Å². The largest absolute Gasteiger partial charge is 0.250 e. The first-order valence-electron chi connectivity index (χ1n) is 4.72. The van der Waals surface area contributed by atoms with E-state index in [2.05, 4.69) is 15.3 Å². The van der Waals surface area contributed by atoms with Crippen molar-refractivity contribution in [2.45, 2.75) is 6.92 Å². The molecule has 0 aliphatic rings. The maximum absolute atomic E-state index is 13.5. The molecule has 0 amide bonds. The van der Waals surface area contributed by atoms with E-state index in [1.165, 1.54) is 17.0 Å². The maximum atomic E-state index is 13.5. The van der Waals surface area contributed by atoms with Crippen molar-refractivity contribution in [3.8, 4) is 0 Å². The molecule has 0 aliphatic heterocycles. The van der Waals surface area contributed by atoms with Gasteiger partial charge in [-0.2, -0.15) is 14.9 Å². The molecule has 0 saturated heterocycles. The number of rotatable bonds is 2. The second kappa shape index (κ2) is 4.77. The average Bonchev–Trinajstić information content (AvgIpc) is 2.62. The van der Waals surface area contributed by atoms with E-state index < -0.39 is 5.82 Å². The molecule has 1 N–H and O–H groups in total. The van der Waals surface area contributed by atoms with Gasteiger partial charge in [-0.05, 0) is 25.2 Å². The lowest BCUT2D eigenvalue weighted by molar-refractivity contribution is 0.626. The molecule has 17 heavy (non-hydrogen) atoms. The predicted molar refractivity (Wildman–Crippen MR) is 66.6 cm³/mol. The van der Waals surface area contributed by atoms with Gasteiger partial charge < -0.3 is 0 Å². The molecule has 0 saturated carbocycles. The lowest BCUT2D eigenvalue weighted by Crippen LogP contribution is -1.95. The number of nitrogens with zero attached hydrogens (tertiary/aromatic N) is 3. The van der Waals surface area contributed by atoms with Crippen LogP contribution < -0.4 is 0 Å². The van der Waals surface area contributed by atoms with Crippen LogP contribution >= 0.6 is 23.8 Å². The van der Waals surface area contributed by atoms with Gasteiger partial charge in [0.25, 0.3) is 0 Å². The number of halogens is 2. The molecule has 4 nitrogen and oxygen atoms in total. The lowest BCUT2D eigenvalue weighted by Gasteiger charge is -1.98. The van der Waals surface area contributed by atoms with Gasteiger partial charge in [0.2, 0.25) is 4.77 Å². The molecule has 0 spiro atoms. The van der Waals surface area contributed by atoms with Gasteiger partial charge in [0, 0.05) is 5.56 Å². The van der Waals surface area contributed by atoms with E-state index in [9.17, 15) is 4.39 Å². The molecule has 0 unspecified atom stereocenters. The Kier molecular flexibility index (Phi) is 3.35. The van der Waals surface area contributed by atoms with Crippen LogP contribution in [0.5, 0.6) is 0 Å². The molecule has 0 bridgehead atoms. The first-order chi connectivity index (χ1) is 8.09. The number of benzene rings is 1. The van der Waals surface area contributed by atoms with E-state index in [0.29, 0.717) is 16.2 Å². The predicted octanol–water partition coefficient (Wildman–Crippen LogP) is 2.92. The normalized spacial score (nSPS) is 11.2. The Hall–Kier alpha value is -1.53.